The highest BCUT2D eigenvalue weighted by molar-refractivity contribution is 5.90. The molecule has 0 spiro atoms. The van der Waals surface area contributed by atoms with E-state index in [0.29, 0.717) is 13.0 Å². The average Bonchev–Trinajstić information content (AvgIpc) is 3.62. The summed E-state index contributed by atoms with van der Waals surface area (Å²) in [4.78, 5) is 73.5. The highest BCUT2D eigenvalue weighted by atomic mass is 16.5. The lowest BCUT2D eigenvalue weighted by molar-refractivity contribution is -0.149. The van der Waals surface area contributed by atoms with Crippen LogP contribution >= 0.6 is 0 Å². The molecule has 0 aromatic heterocycles. The van der Waals surface area contributed by atoms with Crippen molar-refractivity contribution in [2.24, 2.45) is 35.5 Å². The maximum Gasteiger partial charge on any atom is 0.307 e. The second-order valence-electron chi connectivity index (χ2n) is 16.3. The van der Waals surface area contributed by atoms with Gasteiger partial charge in [0.2, 0.25) is 11.8 Å². The Morgan fingerprint density at radius 3 is 2.00 bits per heavy atom. The maximum absolute atomic E-state index is 14.3. The highest BCUT2D eigenvalue weighted by Crippen LogP contribution is 2.32. The minimum absolute atomic E-state index is 0.00772. The van der Waals surface area contributed by atoms with Crippen molar-refractivity contribution in [2.75, 3.05) is 41.4 Å². The van der Waals surface area contributed by atoms with Crippen LogP contribution in [0.5, 0.6) is 0 Å². The van der Waals surface area contributed by atoms with Crippen molar-refractivity contribution in [2.45, 2.75) is 131 Å². The van der Waals surface area contributed by atoms with Crippen LogP contribution < -0.4 is 0 Å². The number of Topliss-reactive ketones (excluding diaryl/α,β-unsaturated/α-hetero) is 2. The molecule has 0 radical (unpaired) electrons. The first kappa shape index (κ1) is 47.0. The van der Waals surface area contributed by atoms with Crippen LogP contribution in [0.15, 0.2) is 30.3 Å². The van der Waals surface area contributed by atoms with Crippen LogP contribution in [0.4, 0.5) is 0 Å². The molecule has 1 saturated heterocycles. The molecular weight excluding hydrogens is 686 g/mol. The molecule has 0 saturated carbocycles. The van der Waals surface area contributed by atoms with Crippen LogP contribution in [-0.2, 0) is 39.9 Å². The average molecular weight is 758 g/mol. The summed E-state index contributed by atoms with van der Waals surface area (Å²) in [6.07, 6.45) is 1.18. The van der Waals surface area contributed by atoms with Gasteiger partial charge in [-0.2, -0.15) is 0 Å². The maximum atomic E-state index is 14.3. The van der Waals surface area contributed by atoms with Crippen molar-refractivity contribution < 1.29 is 38.6 Å². The number of likely N-dealkylation sites (N-methyl/N-ethyl adjacent to an activating group) is 2. The van der Waals surface area contributed by atoms with E-state index in [0.717, 1.165) is 24.9 Å². The lowest BCUT2D eigenvalue weighted by Crippen LogP contribution is -2.54. The molecule has 1 aromatic carbocycles. The summed E-state index contributed by atoms with van der Waals surface area (Å²) < 4.78 is 12.0. The Hall–Kier alpha value is -3.15. The fraction of sp³-hybridized carbons (Fsp3) is 0.744. The van der Waals surface area contributed by atoms with Crippen LogP contribution in [-0.4, -0.2) is 121 Å². The Bertz CT molecular complexity index is 1350. The summed E-state index contributed by atoms with van der Waals surface area (Å²) in [6.45, 7) is 17.1. The molecule has 0 aliphatic carbocycles. The minimum atomic E-state index is -1.02. The normalized spacial score (nSPS) is 19.2. The van der Waals surface area contributed by atoms with E-state index in [-0.39, 0.29) is 78.9 Å². The number of hydrogen-bond acceptors (Lipinski definition) is 8. The number of aliphatic carboxylic acids is 1. The van der Waals surface area contributed by atoms with Crippen LogP contribution in [0, 0.1) is 35.5 Å². The molecule has 306 valence electrons. The van der Waals surface area contributed by atoms with E-state index in [1.807, 2.05) is 76.9 Å². The van der Waals surface area contributed by atoms with E-state index in [1.54, 1.807) is 30.9 Å². The monoisotopic (exact) mass is 758 g/mol. The van der Waals surface area contributed by atoms with Crippen molar-refractivity contribution in [3.63, 3.8) is 0 Å². The topological polar surface area (TPSA) is 134 Å². The molecule has 0 unspecified atom stereocenters. The van der Waals surface area contributed by atoms with E-state index >= 15 is 0 Å². The molecular formula is C43H71N3O8. The van der Waals surface area contributed by atoms with Gasteiger partial charge in [-0.05, 0) is 56.2 Å². The number of nitrogens with zero attached hydrogens (tertiary/aromatic N) is 3. The largest absolute Gasteiger partial charge is 0.481 e. The Labute approximate surface area is 325 Å². The number of likely N-dealkylation sites (tertiary alicyclic amines) is 1. The second kappa shape index (κ2) is 22.4. The molecule has 0 bridgehead atoms. The van der Waals surface area contributed by atoms with Crippen LogP contribution in [0.3, 0.4) is 0 Å². The van der Waals surface area contributed by atoms with Gasteiger partial charge in [-0.3, -0.25) is 28.9 Å². The third kappa shape index (κ3) is 12.4. The zero-order valence-corrected chi connectivity index (χ0v) is 35.2. The molecule has 1 aliphatic heterocycles. The van der Waals surface area contributed by atoms with E-state index in [2.05, 4.69) is 13.8 Å². The van der Waals surface area contributed by atoms with Crippen LogP contribution in [0.25, 0.3) is 0 Å². The molecule has 1 heterocycles. The minimum Gasteiger partial charge on any atom is -0.481 e. The number of ether oxygens (including phenoxy) is 2. The number of hydrogen-bond donors (Lipinski definition) is 1. The van der Waals surface area contributed by atoms with Crippen LogP contribution in [0.2, 0.25) is 0 Å². The summed E-state index contributed by atoms with van der Waals surface area (Å²) >= 11 is 0. The van der Waals surface area contributed by atoms with Crippen LogP contribution in [0.1, 0.15) is 99.5 Å². The molecule has 2 rings (SSSR count). The van der Waals surface area contributed by atoms with Gasteiger partial charge < -0.3 is 24.4 Å². The number of methoxy groups -OCH3 is 2. The van der Waals surface area contributed by atoms with Gasteiger partial charge in [0.1, 0.15) is 5.78 Å². The fourth-order valence-electron chi connectivity index (χ4n) is 8.44. The molecule has 11 heteroatoms. The summed E-state index contributed by atoms with van der Waals surface area (Å²) in [5.74, 6) is -3.46. The fourth-order valence-corrected chi connectivity index (χ4v) is 8.44. The second-order valence-corrected chi connectivity index (χ2v) is 16.3. The van der Waals surface area contributed by atoms with Crippen molar-refractivity contribution in [1.29, 1.82) is 0 Å². The third-order valence-corrected chi connectivity index (χ3v) is 12.0. The molecule has 11 nitrogen and oxygen atoms in total. The standard InChI is InChI=1S/C43H71N3O8/c1-13-29(7)40(45(10)42(50)33(27(3)4)25-36(48)39(28(5)6)44(9)14-2)37(53-11)26-38(49)46-22-18-21-34(46)41(54-12)30(8)35(47)24-32(43(51)52)23-31-19-16-15-17-20-31/h15-17,19-20,27-30,32-34,37,39-41H,13-14,18,21-26H2,1-12H3,(H,51,52)/t29-,30-,32+,33-,34-,37+,39-,40-,41+/m0/s1. The van der Waals surface area contributed by atoms with Gasteiger partial charge in [-0.1, -0.05) is 92.1 Å². The molecule has 1 N–H and O–H groups in total. The zero-order valence-electron chi connectivity index (χ0n) is 35.2. The highest BCUT2D eigenvalue weighted by Gasteiger charge is 2.43. The molecule has 1 aromatic rings. The van der Waals surface area contributed by atoms with E-state index in [4.69, 9.17) is 9.47 Å². The Morgan fingerprint density at radius 1 is 0.870 bits per heavy atom. The van der Waals surface area contributed by atoms with Gasteiger partial charge in [0.25, 0.3) is 0 Å². The number of benzene rings is 1. The van der Waals surface area contributed by atoms with Crippen molar-refractivity contribution >= 4 is 29.4 Å². The first-order chi connectivity index (χ1) is 25.4. The van der Waals surface area contributed by atoms with E-state index < -0.39 is 42.0 Å². The van der Waals surface area contributed by atoms with Gasteiger partial charge in [-0.15, -0.1) is 0 Å². The van der Waals surface area contributed by atoms with E-state index in [1.165, 1.54) is 7.11 Å². The first-order valence-electron chi connectivity index (χ1n) is 20.1. The predicted octanol–water partition coefficient (Wildman–Crippen LogP) is 6.02. The number of rotatable bonds is 24. The van der Waals surface area contributed by atoms with Crippen molar-refractivity contribution in [1.82, 2.24) is 14.7 Å². The summed E-state index contributed by atoms with van der Waals surface area (Å²) in [6, 6.07) is 8.20. The lowest BCUT2D eigenvalue weighted by Gasteiger charge is -2.41. The van der Waals surface area contributed by atoms with E-state index in [9.17, 15) is 29.1 Å². The number of carbonyl (C=O) groups is 5. The predicted molar refractivity (Wildman–Crippen MR) is 212 cm³/mol. The third-order valence-electron chi connectivity index (χ3n) is 12.0. The summed E-state index contributed by atoms with van der Waals surface area (Å²) in [5.41, 5.74) is 0.852. The molecule has 9 atom stereocenters. The Morgan fingerprint density at radius 2 is 1.50 bits per heavy atom. The quantitative estimate of drug-likeness (QED) is 0.135. The number of carboxylic acids is 1. The number of carbonyl (C=O) groups excluding carboxylic acids is 4. The number of carboxylic acid groups (broad SMARTS) is 1. The molecule has 54 heavy (non-hydrogen) atoms. The van der Waals surface area contributed by atoms with Crippen molar-refractivity contribution in [3.05, 3.63) is 35.9 Å². The van der Waals surface area contributed by atoms with Crippen molar-refractivity contribution in [3.8, 4) is 0 Å². The Kier molecular flexibility index (Phi) is 19.5. The summed E-state index contributed by atoms with van der Waals surface area (Å²) in [5, 5.41) is 9.95. The lowest BCUT2D eigenvalue weighted by atomic mass is 9.83. The van der Waals surface area contributed by atoms with Gasteiger partial charge in [0.15, 0.2) is 5.78 Å². The number of ketones is 2. The molecule has 2 amide bonds. The molecule has 1 fully saturated rings. The van der Waals surface area contributed by atoms with Gasteiger partial charge in [0, 0.05) is 52.5 Å². The van der Waals surface area contributed by atoms with Gasteiger partial charge in [-0.25, -0.2) is 0 Å². The Balaban J connectivity index is 2.28. The van der Waals surface area contributed by atoms with Gasteiger partial charge in [0.05, 0.1) is 42.7 Å². The smallest absolute Gasteiger partial charge is 0.307 e. The molecule has 1 aliphatic rings. The first-order valence-corrected chi connectivity index (χ1v) is 20.1. The van der Waals surface area contributed by atoms with Gasteiger partial charge >= 0.3 is 5.97 Å². The summed E-state index contributed by atoms with van der Waals surface area (Å²) in [7, 11) is 6.81. The number of amides is 2. The zero-order chi connectivity index (χ0) is 40.9. The SMILES string of the molecule is CC[C@H](C)[C@@H]([C@@H](CC(=O)N1CCC[C@H]1[C@H](OC)[C@@H](C)C(=O)C[C@@H](Cc1ccccc1)C(=O)O)OC)N(C)C(=O)[C@@H](CC(=O)[C@H](C(C)C)N(C)CC)C(C)C.